The minimum atomic E-state index is -2.28. The van der Waals surface area contributed by atoms with Gasteiger partial charge in [-0.2, -0.15) is 0 Å². The van der Waals surface area contributed by atoms with Crippen molar-refractivity contribution in [3.05, 3.63) is 35.9 Å². The summed E-state index contributed by atoms with van der Waals surface area (Å²) >= 11 is 0. The number of benzene rings is 1. The van der Waals surface area contributed by atoms with Crippen LogP contribution in [0.25, 0.3) is 0 Å². The van der Waals surface area contributed by atoms with E-state index in [1.807, 2.05) is 58.0 Å². The van der Waals surface area contributed by atoms with Gasteiger partial charge in [-0.15, -0.1) is 0 Å². The monoisotopic (exact) mass is 568 g/mol. The molecule has 0 aromatic heterocycles. The predicted molar refractivity (Wildman–Crippen MR) is 158 cm³/mol. The van der Waals surface area contributed by atoms with Gasteiger partial charge in [0.25, 0.3) is 0 Å². The maximum absolute atomic E-state index is 11.7. The summed E-state index contributed by atoms with van der Waals surface area (Å²) in [5, 5.41) is 34.1. The van der Waals surface area contributed by atoms with Crippen LogP contribution in [0.3, 0.4) is 0 Å². The highest BCUT2D eigenvalue weighted by atomic mass is 28.4. The highest BCUT2D eigenvalue weighted by Crippen LogP contribution is 2.43. The molecule has 1 aromatic carbocycles. The van der Waals surface area contributed by atoms with Crippen LogP contribution in [0, 0.1) is 23.7 Å². The summed E-state index contributed by atoms with van der Waals surface area (Å²) < 4.78 is 25.2. The molecule has 1 saturated heterocycles. The van der Waals surface area contributed by atoms with Crippen molar-refractivity contribution in [3.8, 4) is 0 Å². The average molecular weight is 569 g/mol. The Morgan fingerprint density at radius 1 is 1.10 bits per heavy atom. The number of methoxy groups -OCH3 is 1. The van der Waals surface area contributed by atoms with Gasteiger partial charge in [0.1, 0.15) is 6.10 Å². The Morgan fingerprint density at radius 3 is 2.21 bits per heavy atom. The normalized spacial score (nSPS) is 28.6. The van der Waals surface area contributed by atoms with Gasteiger partial charge in [0.15, 0.2) is 14.1 Å². The smallest absolute Gasteiger partial charge is 0.192 e. The van der Waals surface area contributed by atoms with E-state index in [4.69, 9.17) is 18.6 Å². The maximum Gasteiger partial charge on any atom is 0.192 e. The van der Waals surface area contributed by atoms with Gasteiger partial charge in [0.2, 0.25) is 0 Å². The molecule has 226 valence electrons. The third kappa shape index (κ3) is 8.58. The van der Waals surface area contributed by atoms with Gasteiger partial charge < -0.3 is 34.0 Å². The molecule has 0 bridgehead atoms. The van der Waals surface area contributed by atoms with Crippen molar-refractivity contribution in [1.82, 2.24) is 0 Å². The van der Waals surface area contributed by atoms with Gasteiger partial charge in [0, 0.05) is 31.3 Å². The van der Waals surface area contributed by atoms with E-state index in [9.17, 15) is 15.3 Å². The van der Waals surface area contributed by atoms with Gasteiger partial charge in [-0.05, 0) is 29.6 Å². The first-order valence-corrected chi connectivity index (χ1v) is 17.4. The Bertz CT molecular complexity index is 858. The second-order valence-corrected chi connectivity index (χ2v) is 18.3. The molecule has 1 fully saturated rings. The Hall–Kier alpha value is -0.843. The van der Waals surface area contributed by atoms with Crippen LogP contribution in [0.1, 0.15) is 67.4 Å². The van der Waals surface area contributed by atoms with Crippen molar-refractivity contribution in [2.45, 2.75) is 123 Å². The Kier molecular flexibility index (Phi) is 12.2. The van der Waals surface area contributed by atoms with Crippen molar-refractivity contribution in [2.24, 2.45) is 23.7 Å². The third-order valence-electron chi connectivity index (χ3n) is 9.20. The van der Waals surface area contributed by atoms with Crippen molar-refractivity contribution < 1.29 is 34.0 Å². The van der Waals surface area contributed by atoms with E-state index in [0.29, 0.717) is 13.2 Å². The standard InChI is InChI=1S/C31H56O7Si/c1-20(2)28-21(3)25(32)17-31(34,37-28)23(5)27(33)22(4)29(38-39(10,11)30(6,7)8)26(35-9)19-36-18-24-15-13-12-14-16-24/h12-16,20-23,25-29,32-34H,17-19H2,1-11H3/t21-,22-,23-,25+,26-,27+,28+,29+,31+/m0/s1. The molecule has 0 saturated carbocycles. The van der Waals surface area contributed by atoms with E-state index in [1.165, 1.54) is 0 Å². The van der Waals surface area contributed by atoms with Crippen LogP contribution in [0.4, 0.5) is 0 Å². The molecule has 9 atom stereocenters. The Labute approximate surface area is 238 Å². The topological polar surface area (TPSA) is 97.6 Å². The molecule has 1 aliphatic heterocycles. The van der Waals surface area contributed by atoms with E-state index in [1.54, 1.807) is 14.0 Å². The van der Waals surface area contributed by atoms with Crippen LogP contribution >= 0.6 is 0 Å². The molecule has 0 amide bonds. The van der Waals surface area contributed by atoms with Crippen molar-refractivity contribution in [1.29, 1.82) is 0 Å². The quantitative estimate of drug-likeness (QED) is 0.275. The lowest BCUT2D eigenvalue weighted by molar-refractivity contribution is -0.328. The van der Waals surface area contributed by atoms with E-state index in [-0.39, 0.29) is 29.4 Å². The minimum Gasteiger partial charge on any atom is -0.411 e. The van der Waals surface area contributed by atoms with Gasteiger partial charge in [-0.25, -0.2) is 0 Å². The molecule has 1 aromatic rings. The first-order chi connectivity index (χ1) is 17.9. The second-order valence-electron chi connectivity index (χ2n) is 13.6. The molecule has 39 heavy (non-hydrogen) atoms. The average Bonchev–Trinajstić information content (AvgIpc) is 2.86. The van der Waals surface area contributed by atoms with Crippen molar-refractivity contribution in [3.63, 3.8) is 0 Å². The number of ether oxygens (including phenoxy) is 3. The van der Waals surface area contributed by atoms with E-state index < -0.39 is 50.4 Å². The first-order valence-electron chi connectivity index (χ1n) is 14.5. The number of aliphatic hydroxyl groups excluding tert-OH is 2. The Morgan fingerprint density at radius 2 is 1.69 bits per heavy atom. The summed E-state index contributed by atoms with van der Waals surface area (Å²) in [7, 11) is -0.636. The molecule has 2 rings (SSSR count). The van der Waals surface area contributed by atoms with Crippen LogP contribution in [-0.4, -0.2) is 73.7 Å². The van der Waals surface area contributed by atoms with Crippen LogP contribution in [0.15, 0.2) is 30.3 Å². The SMILES string of the molecule is CO[C@@H](COCc1ccccc1)[C@H](O[Si](C)(C)C(C)(C)C)[C@@H](C)[C@@H](O)[C@H](C)[C@@]1(O)C[C@@H](O)[C@H](C)[C@@H](C(C)C)O1. The lowest BCUT2D eigenvalue weighted by Crippen LogP contribution is -2.60. The largest absolute Gasteiger partial charge is 0.411 e. The van der Waals surface area contributed by atoms with Crippen molar-refractivity contribution >= 4 is 8.32 Å². The van der Waals surface area contributed by atoms with Crippen LogP contribution in [0.5, 0.6) is 0 Å². The zero-order chi connectivity index (χ0) is 29.8. The molecule has 0 spiro atoms. The van der Waals surface area contributed by atoms with E-state index in [2.05, 4.69) is 33.9 Å². The Balaban J connectivity index is 2.30. The second kappa shape index (κ2) is 13.9. The van der Waals surface area contributed by atoms with Crippen LogP contribution < -0.4 is 0 Å². The van der Waals surface area contributed by atoms with E-state index >= 15 is 0 Å². The highest BCUT2D eigenvalue weighted by molar-refractivity contribution is 6.74. The van der Waals surface area contributed by atoms with Gasteiger partial charge in [0.05, 0.1) is 37.6 Å². The molecule has 3 N–H and O–H groups in total. The van der Waals surface area contributed by atoms with Crippen LogP contribution in [-0.2, 0) is 25.2 Å². The fraction of sp³-hybridized carbons (Fsp3) is 0.806. The summed E-state index contributed by atoms with van der Waals surface area (Å²) in [6.07, 6.45) is -2.90. The molecule has 0 radical (unpaired) electrons. The van der Waals surface area contributed by atoms with Crippen LogP contribution in [0.2, 0.25) is 18.1 Å². The fourth-order valence-corrected chi connectivity index (χ4v) is 6.65. The lowest BCUT2D eigenvalue weighted by Gasteiger charge is -2.50. The summed E-state index contributed by atoms with van der Waals surface area (Å²) in [6, 6.07) is 9.97. The van der Waals surface area contributed by atoms with Gasteiger partial charge >= 0.3 is 0 Å². The third-order valence-corrected chi connectivity index (χ3v) is 13.7. The fourth-order valence-electron chi connectivity index (χ4n) is 5.25. The van der Waals surface area contributed by atoms with Crippen molar-refractivity contribution in [2.75, 3.05) is 13.7 Å². The maximum atomic E-state index is 11.7. The summed E-state index contributed by atoms with van der Waals surface area (Å²) in [5.41, 5.74) is 1.07. The lowest BCUT2D eigenvalue weighted by atomic mass is 9.76. The first kappa shape index (κ1) is 34.4. The summed E-state index contributed by atoms with van der Waals surface area (Å²) in [4.78, 5) is 0. The zero-order valence-corrected chi connectivity index (χ0v) is 27.2. The number of hydrogen-bond donors (Lipinski definition) is 3. The highest BCUT2D eigenvalue weighted by Gasteiger charge is 2.52. The number of rotatable bonds is 13. The summed E-state index contributed by atoms with van der Waals surface area (Å²) in [5.74, 6) is -2.76. The van der Waals surface area contributed by atoms with Gasteiger partial charge in [-0.1, -0.05) is 85.7 Å². The number of hydrogen-bond acceptors (Lipinski definition) is 7. The molecular weight excluding hydrogens is 512 g/mol. The van der Waals surface area contributed by atoms with E-state index in [0.717, 1.165) is 5.56 Å². The molecule has 1 aliphatic rings. The summed E-state index contributed by atoms with van der Waals surface area (Å²) in [6.45, 7) is 21.4. The molecule has 0 unspecified atom stereocenters. The predicted octanol–water partition coefficient (Wildman–Crippen LogP) is 5.37. The molecule has 7 nitrogen and oxygen atoms in total. The minimum absolute atomic E-state index is 0.0456. The number of aliphatic hydroxyl groups is 3. The molecule has 8 heteroatoms. The molecular formula is C31H56O7Si. The molecule has 0 aliphatic carbocycles. The molecule has 1 heterocycles. The van der Waals surface area contributed by atoms with Gasteiger partial charge in [-0.3, -0.25) is 0 Å². The zero-order valence-electron chi connectivity index (χ0n) is 26.2.